The molecule has 1 N–H and O–H groups in total. The zero-order valence-electron chi connectivity index (χ0n) is 14.9. The third kappa shape index (κ3) is 3.48. The van der Waals surface area contributed by atoms with Crippen LogP contribution in [0.15, 0.2) is 30.6 Å². The molecule has 1 amide bonds. The molecule has 2 heterocycles. The second kappa shape index (κ2) is 7.13. The van der Waals surface area contributed by atoms with Gasteiger partial charge in [-0.3, -0.25) is 9.48 Å². The molecule has 0 saturated heterocycles. The summed E-state index contributed by atoms with van der Waals surface area (Å²) in [5.74, 6) is 0.129. The Morgan fingerprint density at radius 1 is 1.23 bits per heavy atom. The van der Waals surface area contributed by atoms with E-state index in [0.29, 0.717) is 15.9 Å². The fraction of sp³-hybridized carbons (Fsp3) is 0.278. The van der Waals surface area contributed by atoms with Crippen molar-refractivity contribution < 1.29 is 4.79 Å². The predicted octanol–water partition coefficient (Wildman–Crippen LogP) is 4.27. The topological polar surface area (TPSA) is 64.7 Å². The van der Waals surface area contributed by atoms with Crippen LogP contribution >= 0.6 is 23.2 Å². The molecule has 0 fully saturated rings. The highest BCUT2D eigenvalue weighted by molar-refractivity contribution is 6.42. The minimum absolute atomic E-state index is 0.137. The Bertz CT molecular complexity index is 976. The smallest absolute Gasteiger partial charge is 0.232 e. The van der Waals surface area contributed by atoms with E-state index in [0.717, 1.165) is 22.5 Å². The summed E-state index contributed by atoms with van der Waals surface area (Å²) in [7, 11) is 1.82. The fourth-order valence-electron chi connectivity index (χ4n) is 2.60. The number of amides is 1. The Labute approximate surface area is 161 Å². The Morgan fingerprint density at radius 3 is 2.58 bits per heavy atom. The lowest BCUT2D eigenvalue weighted by Crippen LogP contribution is -2.21. The monoisotopic (exact) mass is 391 g/mol. The Balaban J connectivity index is 1.94. The van der Waals surface area contributed by atoms with Crippen molar-refractivity contribution in [2.24, 2.45) is 7.05 Å². The van der Waals surface area contributed by atoms with Crippen LogP contribution in [0.5, 0.6) is 0 Å². The summed E-state index contributed by atoms with van der Waals surface area (Å²) in [5, 5.41) is 12.5. The maximum Gasteiger partial charge on any atom is 0.232 e. The lowest BCUT2D eigenvalue weighted by molar-refractivity contribution is -0.117. The number of aromatic nitrogens is 4. The maximum atomic E-state index is 12.8. The summed E-state index contributed by atoms with van der Waals surface area (Å²) in [6.45, 7) is 5.65. The number of nitrogens with zero attached hydrogens (tertiary/aromatic N) is 4. The van der Waals surface area contributed by atoms with E-state index in [9.17, 15) is 4.79 Å². The van der Waals surface area contributed by atoms with Crippen LogP contribution in [0.3, 0.4) is 0 Å². The van der Waals surface area contributed by atoms with E-state index in [1.807, 2.05) is 34.0 Å². The predicted molar refractivity (Wildman–Crippen MR) is 103 cm³/mol. The minimum atomic E-state index is -0.347. The SMILES string of the molecule is Cc1nn(-c2ccc(Cl)c(Cl)c2)c(NC(=O)C(C)c2cnn(C)c2)c1C. The van der Waals surface area contributed by atoms with Crippen LogP contribution in [0.25, 0.3) is 5.69 Å². The first kappa shape index (κ1) is 18.5. The van der Waals surface area contributed by atoms with Crippen LogP contribution in [0, 0.1) is 13.8 Å². The number of halogens is 2. The van der Waals surface area contributed by atoms with E-state index >= 15 is 0 Å². The first-order valence-electron chi connectivity index (χ1n) is 8.09. The molecule has 1 unspecified atom stereocenters. The molecule has 26 heavy (non-hydrogen) atoms. The number of anilines is 1. The Morgan fingerprint density at radius 2 is 1.96 bits per heavy atom. The number of benzene rings is 1. The average molecular weight is 392 g/mol. The number of aryl methyl sites for hydroxylation is 2. The largest absolute Gasteiger partial charge is 0.310 e. The molecule has 0 bridgehead atoms. The normalized spacial score (nSPS) is 12.2. The van der Waals surface area contributed by atoms with Gasteiger partial charge in [0.15, 0.2) is 0 Å². The van der Waals surface area contributed by atoms with Gasteiger partial charge in [0.25, 0.3) is 0 Å². The second-order valence-electron chi connectivity index (χ2n) is 6.23. The molecule has 0 aliphatic carbocycles. The van der Waals surface area contributed by atoms with E-state index in [1.165, 1.54) is 0 Å². The molecule has 3 rings (SSSR count). The molecule has 8 heteroatoms. The van der Waals surface area contributed by atoms with Crippen molar-refractivity contribution in [3.8, 4) is 5.69 Å². The number of carbonyl (C=O) groups excluding carboxylic acids is 1. The molecule has 0 spiro atoms. The molecular formula is C18H19Cl2N5O. The quantitative estimate of drug-likeness (QED) is 0.721. The van der Waals surface area contributed by atoms with Crippen molar-refractivity contribution in [3.63, 3.8) is 0 Å². The lowest BCUT2D eigenvalue weighted by atomic mass is 10.0. The molecule has 6 nitrogen and oxygen atoms in total. The van der Waals surface area contributed by atoms with Gasteiger partial charge in [0.1, 0.15) is 5.82 Å². The molecule has 0 aliphatic heterocycles. The highest BCUT2D eigenvalue weighted by Crippen LogP contribution is 2.29. The van der Waals surface area contributed by atoms with Crippen molar-refractivity contribution in [3.05, 3.63) is 57.5 Å². The average Bonchev–Trinajstić information content (AvgIpc) is 3.15. The van der Waals surface area contributed by atoms with Gasteiger partial charge in [0.05, 0.1) is 33.5 Å². The maximum absolute atomic E-state index is 12.8. The molecule has 1 aromatic carbocycles. The van der Waals surface area contributed by atoms with Gasteiger partial charge >= 0.3 is 0 Å². The summed E-state index contributed by atoms with van der Waals surface area (Å²) in [6, 6.07) is 5.23. The minimum Gasteiger partial charge on any atom is -0.310 e. The molecular weight excluding hydrogens is 373 g/mol. The number of carbonyl (C=O) groups is 1. The van der Waals surface area contributed by atoms with Crippen LogP contribution in [-0.4, -0.2) is 25.5 Å². The van der Waals surface area contributed by atoms with Gasteiger partial charge in [-0.05, 0) is 39.0 Å². The molecule has 1 atom stereocenters. The number of nitrogens with one attached hydrogen (secondary N) is 1. The highest BCUT2D eigenvalue weighted by Gasteiger charge is 2.21. The van der Waals surface area contributed by atoms with Gasteiger partial charge in [-0.15, -0.1) is 0 Å². The standard InChI is InChI=1S/C18H19Cl2N5O/c1-10-12(3)23-25(14-5-6-15(19)16(20)7-14)17(10)22-18(26)11(2)13-8-21-24(4)9-13/h5-9,11H,1-4H3,(H,22,26). The van der Waals surface area contributed by atoms with Crippen LogP contribution in [0.1, 0.15) is 29.7 Å². The van der Waals surface area contributed by atoms with Gasteiger partial charge in [-0.25, -0.2) is 4.68 Å². The summed E-state index contributed by atoms with van der Waals surface area (Å²) >= 11 is 12.1. The van der Waals surface area contributed by atoms with E-state index in [1.54, 1.807) is 33.8 Å². The van der Waals surface area contributed by atoms with Crippen LogP contribution in [0.2, 0.25) is 10.0 Å². The molecule has 3 aromatic rings. The third-order valence-electron chi connectivity index (χ3n) is 4.37. The van der Waals surface area contributed by atoms with Gasteiger partial charge in [-0.1, -0.05) is 23.2 Å². The lowest BCUT2D eigenvalue weighted by Gasteiger charge is -2.14. The van der Waals surface area contributed by atoms with Gasteiger partial charge in [0.2, 0.25) is 5.91 Å². The Kier molecular flexibility index (Phi) is 5.07. The van der Waals surface area contributed by atoms with Crippen molar-refractivity contribution in [2.75, 3.05) is 5.32 Å². The van der Waals surface area contributed by atoms with Crippen LogP contribution in [0.4, 0.5) is 5.82 Å². The first-order valence-corrected chi connectivity index (χ1v) is 8.84. The van der Waals surface area contributed by atoms with Crippen LogP contribution in [-0.2, 0) is 11.8 Å². The molecule has 2 aromatic heterocycles. The first-order chi connectivity index (χ1) is 12.3. The summed E-state index contributed by atoms with van der Waals surface area (Å²) in [4.78, 5) is 12.8. The zero-order chi connectivity index (χ0) is 19.0. The van der Waals surface area contributed by atoms with Crippen molar-refractivity contribution in [1.29, 1.82) is 0 Å². The molecule has 0 aliphatic rings. The highest BCUT2D eigenvalue weighted by atomic mass is 35.5. The van der Waals surface area contributed by atoms with E-state index in [4.69, 9.17) is 23.2 Å². The van der Waals surface area contributed by atoms with Gasteiger partial charge < -0.3 is 5.32 Å². The summed E-state index contributed by atoms with van der Waals surface area (Å²) in [6.07, 6.45) is 3.53. The number of hydrogen-bond acceptors (Lipinski definition) is 3. The third-order valence-corrected chi connectivity index (χ3v) is 5.11. The van der Waals surface area contributed by atoms with Gasteiger partial charge in [-0.2, -0.15) is 10.2 Å². The van der Waals surface area contributed by atoms with Crippen LogP contribution < -0.4 is 5.32 Å². The van der Waals surface area contributed by atoms with Crippen molar-refractivity contribution >= 4 is 34.9 Å². The fourth-order valence-corrected chi connectivity index (χ4v) is 2.89. The molecule has 0 saturated carbocycles. The van der Waals surface area contributed by atoms with E-state index < -0.39 is 0 Å². The zero-order valence-corrected chi connectivity index (χ0v) is 16.4. The number of rotatable bonds is 4. The summed E-state index contributed by atoms with van der Waals surface area (Å²) < 4.78 is 3.34. The van der Waals surface area contributed by atoms with Crippen molar-refractivity contribution in [2.45, 2.75) is 26.7 Å². The molecule has 136 valence electrons. The van der Waals surface area contributed by atoms with Gasteiger partial charge in [0, 0.05) is 24.4 Å². The van der Waals surface area contributed by atoms with E-state index in [-0.39, 0.29) is 11.8 Å². The van der Waals surface area contributed by atoms with Crippen molar-refractivity contribution in [1.82, 2.24) is 19.6 Å². The number of hydrogen-bond donors (Lipinski definition) is 1. The summed E-state index contributed by atoms with van der Waals surface area (Å²) in [5.41, 5.74) is 3.28. The van der Waals surface area contributed by atoms with E-state index in [2.05, 4.69) is 15.5 Å². The molecule has 0 radical (unpaired) electrons. The Hall–Kier alpha value is -2.31. The second-order valence-corrected chi connectivity index (χ2v) is 7.04.